The van der Waals surface area contributed by atoms with E-state index in [1.54, 1.807) is 4.90 Å². The van der Waals surface area contributed by atoms with Gasteiger partial charge in [-0.15, -0.1) is 0 Å². The molecule has 1 amide bonds. The minimum Gasteiger partial charge on any atom is -0.350 e. The van der Waals surface area contributed by atoms with Crippen LogP contribution in [0.25, 0.3) is 0 Å². The third kappa shape index (κ3) is 2.17. The van der Waals surface area contributed by atoms with Crippen LogP contribution in [-0.2, 0) is 4.79 Å². The van der Waals surface area contributed by atoms with Crippen LogP contribution in [0.4, 0.5) is 5.69 Å². The van der Waals surface area contributed by atoms with Gasteiger partial charge in [0.25, 0.3) is 5.91 Å². The zero-order valence-electron chi connectivity index (χ0n) is 10.0. The second kappa shape index (κ2) is 4.84. The molecule has 0 saturated carbocycles. The highest BCUT2D eigenvalue weighted by Gasteiger charge is 2.38. The molecular formula is C13H16N2OS. The highest BCUT2D eigenvalue weighted by atomic mass is 32.1. The maximum absolute atomic E-state index is 12.3. The molecule has 1 N–H and O–H groups in total. The van der Waals surface area contributed by atoms with Crippen molar-refractivity contribution in [3.8, 4) is 0 Å². The molecule has 2 atom stereocenters. The molecular weight excluding hydrogens is 232 g/mol. The fourth-order valence-corrected chi connectivity index (χ4v) is 2.26. The Morgan fingerprint density at radius 1 is 1.41 bits per heavy atom. The quantitative estimate of drug-likeness (QED) is 0.833. The van der Waals surface area contributed by atoms with Gasteiger partial charge in [0.1, 0.15) is 6.04 Å². The smallest absolute Gasteiger partial charge is 0.256 e. The normalized spacial score (nSPS) is 21.5. The largest absolute Gasteiger partial charge is 0.350 e. The van der Waals surface area contributed by atoms with Crippen LogP contribution >= 0.6 is 12.2 Å². The number of amides is 1. The molecule has 1 aliphatic heterocycles. The predicted molar refractivity (Wildman–Crippen MR) is 72.9 cm³/mol. The minimum absolute atomic E-state index is 0.0514. The van der Waals surface area contributed by atoms with Crippen molar-refractivity contribution in [3.63, 3.8) is 0 Å². The van der Waals surface area contributed by atoms with E-state index in [-0.39, 0.29) is 17.9 Å². The molecule has 4 heteroatoms. The molecule has 17 heavy (non-hydrogen) atoms. The number of para-hydroxylation sites is 1. The van der Waals surface area contributed by atoms with E-state index < -0.39 is 0 Å². The molecule has 0 bridgehead atoms. The summed E-state index contributed by atoms with van der Waals surface area (Å²) in [5, 5.41) is 3.62. The van der Waals surface area contributed by atoms with Crippen LogP contribution in [0.3, 0.4) is 0 Å². The first-order valence-electron chi connectivity index (χ1n) is 5.84. The maximum atomic E-state index is 12.3. The number of nitrogens with one attached hydrogen (secondary N) is 1. The first kappa shape index (κ1) is 12.0. The molecule has 2 unspecified atom stereocenters. The van der Waals surface area contributed by atoms with Crippen LogP contribution in [-0.4, -0.2) is 17.1 Å². The fraction of sp³-hybridized carbons (Fsp3) is 0.385. The summed E-state index contributed by atoms with van der Waals surface area (Å²) in [6, 6.07) is 9.33. The number of benzene rings is 1. The number of hydrogen-bond donors (Lipinski definition) is 1. The number of thiocarbonyl (C=S) groups is 1. The van der Waals surface area contributed by atoms with Crippen LogP contribution in [0, 0.1) is 5.92 Å². The summed E-state index contributed by atoms with van der Waals surface area (Å²) in [7, 11) is 0. The molecule has 0 radical (unpaired) electrons. The zero-order chi connectivity index (χ0) is 12.4. The lowest BCUT2D eigenvalue weighted by atomic mass is 9.99. The van der Waals surface area contributed by atoms with Gasteiger partial charge in [0, 0.05) is 0 Å². The lowest BCUT2D eigenvalue weighted by Gasteiger charge is -2.16. The molecule has 90 valence electrons. The average molecular weight is 248 g/mol. The van der Waals surface area contributed by atoms with Crippen molar-refractivity contribution in [3.05, 3.63) is 30.3 Å². The van der Waals surface area contributed by atoms with E-state index in [2.05, 4.69) is 19.2 Å². The minimum atomic E-state index is -0.187. The second-order valence-electron chi connectivity index (χ2n) is 4.32. The first-order chi connectivity index (χ1) is 8.15. The van der Waals surface area contributed by atoms with Crippen molar-refractivity contribution >= 4 is 28.9 Å². The number of carbonyl (C=O) groups is 1. The number of carbonyl (C=O) groups excluding carboxylic acids is 1. The Balaban J connectivity index is 2.26. The van der Waals surface area contributed by atoms with Gasteiger partial charge in [-0.05, 0) is 30.3 Å². The van der Waals surface area contributed by atoms with Crippen LogP contribution in [0.15, 0.2) is 30.3 Å². The molecule has 1 aliphatic rings. The third-order valence-electron chi connectivity index (χ3n) is 3.20. The molecule has 3 nitrogen and oxygen atoms in total. The van der Waals surface area contributed by atoms with Gasteiger partial charge < -0.3 is 5.32 Å². The highest BCUT2D eigenvalue weighted by Crippen LogP contribution is 2.23. The Morgan fingerprint density at radius 3 is 2.65 bits per heavy atom. The lowest BCUT2D eigenvalue weighted by molar-refractivity contribution is -0.119. The Hall–Kier alpha value is -1.42. The standard InChI is InChI=1S/C13H16N2OS/c1-3-9(2)11-12(16)15(13(17)14-11)10-7-5-4-6-8-10/h4-9,11H,3H2,1-2H3,(H,14,17). The van der Waals surface area contributed by atoms with Crippen molar-refractivity contribution < 1.29 is 4.79 Å². The maximum Gasteiger partial charge on any atom is 0.256 e. The van der Waals surface area contributed by atoms with E-state index in [1.807, 2.05) is 30.3 Å². The number of anilines is 1. The van der Waals surface area contributed by atoms with E-state index in [9.17, 15) is 4.79 Å². The van der Waals surface area contributed by atoms with E-state index in [1.165, 1.54) is 0 Å². The van der Waals surface area contributed by atoms with E-state index in [0.29, 0.717) is 5.11 Å². The molecule has 1 heterocycles. The molecule has 0 aliphatic carbocycles. The van der Waals surface area contributed by atoms with Gasteiger partial charge in [0.2, 0.25) is 0 Å². The van der Waals surface area contributed by atoms with Gasteiger partial charge in [-0.3, -0.25) is 9.69 Å². The summed E-state index contributed by atoms with van der Waals surface area (Å²) >= 11 is 5.24. The summed E-state index contributed by atoms with van der Waals surface area (Å²) in [6.45, 7) is 4.14. The van der Waals surface area contributed by atoms with Crippen LogP contribution < -0.4 is 10.2 Å². The van der Waals surface area contributed by atoms with Gasteiger partial charge in [-0.2, -0.15) is 0 Å². The summed E-state index contributed by atoms with van der Waals surface area (Å²) < 4.78 is 0. The van der Waals surface area contributed by atoms with Crippen molar-refractivity contribution in [1.29, 1.82) is 0 Å². The summed E-state index contributed by atoms with van der Waals surface area (Å²) in [5.74, 6) is 0.338. The summed E-state index contributed by atoms with van der Waals surface area (Å²) in [5.41, 5.74) is 0.834. The van der Waals surface area contributed by atoms with Gasteiger partial charge in [-0.25, -0.2) is 0 Å². The molecule has 0 aromatic heterocycles. The monoisotopic (exact) mass is 248 g/mol. The van der Waals surface area contributed by atoms with Crippen molar-refractivity contribution in [2.24, 2.45) is 5.92 Å². The summed E-state index contributed by atoms with van der Waals surface area (Å²) in [6.07, 6.45) is 0.953. The molecule has 1 aromatic rings. The van der Waals surface area contributed by atoms with Crippen LogP contribution in [0.2, 0.25) is 0 Å². The van der Waals surface area contributed by atoms with Crippen molar-refractivity contribution in [2.45, 2.75) is 26.3 Å². The average Bonchev–Trinajstić information content (AvgIpc) is 2.65. The molecule has 1 saturated heterocycles. The number of rotatable bonds is 3. The van der Waals surface area contributed by atoms with E-state index >= 15 is 0 Å². The van der Waals surface area contributed by atoms with Gasteiger partial charge in [0.15, 0.2) is 5.11 Å². The Morgan fingerprint density at radius 2 is 2.06 bits per heavy atom. The molecule has 0 spiro atoms. The third-order valence-corrected chi connectivity index (χ3v) is 3.50. The van der Waals surface area contributed by atoms with E-state index in [0.717, 1.165) is 12.1 Å². The molecule has 1 fully saturated rings. The van der Waals surface area contributed by atoms with Gasteiger partial charge in [-0.1, -0.05) is 38.5 Å². The van der Waals surface area contributed by atoms with Crippen molar-refractivity contribution in [2.75, 3.05) is 4.90 Å². The topological polar surface area (TPSA) is 32.3 Å². The number of hydrogen-bond acceptors (Lipinski definition) is 2. The van der Waals surface area contributed by atoms with Crippen LogP contribution in [0.1, 0.15) is 20.3 Å². The Labute approximate surface area is 107 Å². The SMILES string of the molecule is CCC(C)C1NC(=S)N(c2ccccc2)C1=O. The Bertz CT molecular complexity index is 432. The van der Waals surface area contributed by atoms with Crippen molar-refractivity contribution in [1.82, 2.24) is 5.32 Å². The van der Waals surface area contributed by atoms with Crippen LogP contribution in [0.5, 0.6) is 0 Å². The lowest BCUT2D eigenvalue weighted by Crippen LogP contribution is -2.35. The van der Waals surface area contributed by atoms with E-state index in [4.69, 9.17) is 12.2 Å². The van der Waals surface area contributed by atoms with Gasteiger partial charge >= 0.3 is 0 Å². The first-order valence-corrected chi connectivity index (χ1v) is 6.25. The number of nitrogens with zero attached hydrogens (tertiary/aromatic N) is 1. The summed E-state index contributed by atoms with van der Waals surface area (Å²) in [4.78, 5) is 13.9. The Kier molecular flexibility index (Phi) is 3.43. The second-order valence-corrected chi connectivity index (χ2v) is 4.71. The molecule has 1 aromatic carbocycles. The predicted octanol–water partition coefficient (Wildman–Crippen LogP) is 2.32. The highest BCUT2D eigenvalue weighted by molar-refractivity contribution is 7.80. The zero-order valence-corrected chi connectivity index (χ0v) is 10.8. The fourth-order valence-electron chi connectivity index (χ4n) is 1.94. The molecule has 2 rings (SSSR count). The van der Waals surface area contributed by atoms with Gasteiger partial charge in [0.05, 0.1) is 5.69 Å².